The van der Waals surface area contributed by atoms with Crippen molar-refractivity contribution in [1.29, 1.82) is 0 Å². The molecule has 21 heavy (non-hydrogen) atoms. The van der Waals surface area contributed by atoms with Gasteiger partial charge in [-0.25, -0.2) is 0 Å². The Hall–Kier alpha value is -0.574. The Morgan fingerprint density at radius 1 is 0.810 bits per heavy atom. The molecule has 118 valence electrons. The van der Waals surface area contributed by atoms with Crippen LogP contribution in [0.3, 0.4) is 0 Å². The minimum atomic E-state index is -4.84. The van der Waals surface area contributed by atoms with E-state index in [2.05, 4.69) is 0 Å². The van der Waals surface area contributed by atoms with Crippen molar-refractivity contribution < 1.29 is 52.6 Å². The molecular weight excluding hydrogens is 343 g/mol. The molecule has 0 saturated carbocycles. The zero-order valence-corrected chi connectivity index (χ0v) is 10.6. The molecule has 13 heteroatoms. The van der Waals surface area contributed by atoms with Gasteiger partial charge in [0.2, 0.25) is 0 Å². The second-order valence-electron chi connectivity index (χ2n) is 3.23. The van der Waals surface area contributed by atoms with Gasteiger partial charge in [-0.15, -0.1) is 0 Å². The molecule has 5 N–H and O–H groups in total. The van der Waals surface area contributed by atoms with Gasteiger partial charge in [0.15, 0.2) is 5.25 Å². The van der Waals surface area contributed by atoms with Gasteiger partial charge in [0.25, 0.3) is 10.1 Å². The van der Waals surface area contributed by atoms with Crippen LogP contribution in [0, 0.1) is 0 Å². The van der Waals surface area contributed by atoms with E-state index in [1.165, 1.54) is 0 Å². The average molecular weight is 356 g/mol. The Morgan fingerprint density at radius 2 is 1.14 bits per heavy atom. The summed E-state index contributed by atoms with van der Waals surface area (Å²) >= 11 is 0. The Morgan fingerprint density at radius 3 is 1.24 bits per heavy atom. The summed E-state index contributed by atoms with van der Waals surface area (Å²) in [6.07, 6.45) is -1.75. The predicted molar refractivity (Wildman–Crippen MR) is 66.9 cm³/mol. The number of carboxylic acid groups (broad SMARTS) is 4. The Kier molecular flexibility index (Phi) is 14.5. The number of aliphatic carboxylic acids is 4. The van der Waals surface area contributed by atoms with E-state index in [1.54, 1.807) is 0 Å². The molecule has 0 aromatic heterocycles. The molecule has 1 atom stereocenters. The monoisotopic (exact) mass is 356 g/mol. The average Bonchev–Trinajstić information content (AvgIpc) is 2.22. The predicted octanol–water partition coefficient (Wildman–Crippen LogP) is -1.91. The van der Waals surface area contributed by atoms with Crippen molar-refractivity contribution in [2.24, 2.45) is 0 Å². The van der Waals surface area contributed by atoms with Crippen molar-refractivity contribution in [3.63, 3.8) is 0 Å². The zero-order chi connectivity index (χ0) is 16.5. The third kappa shape index (κ3) is 17.4. The zero-order valence-electron chi connectivity index (χ0n) is 9.79. The number of hydrogen-bond donors (Lipinski definition) is 5. The molecule has 0 rings (SSSR count). The van der Waals surface area contributed by atoms with E-state index in [9.17, 15) is 27.6 Å². The molecule has 0 saturated heterocycles. The molecular formula is C8H13KO11S. The summed E-state index contributed by atoms with van der Waals surface area (Å²) in [5.41, 5.74) is 0. The summed E-state index contributed by atoms with van der Waals surface area (Å²) in [6, 6.07) is 0. The normalized spacial score (nSPS) is 11.1. The van der Waals surface area contributed by atoms with Crippen molar-refractivity contribution in [3.8, 4) is 0 Å². The molecule has 0 radical (unpaired) electrons. The first kappa shape index (κ1) is 25.4. The fourth-order valence-electron chi connectivity index (χ4n) is 0.692. The fourth-order valence-corrected chi connectivity index (χ4v) is 1.30. The van der Waals surface area contributed by atoms with Crippen LogP contribution in [0.25, 0.3) is 0 Å². The van der Waals surface area contributed by atoms with Crippen LogP contribution in [-0.2, 0) is 29.3 Å². The van der Waals surface area contributed by atoms with E-state index < -0.39 is 45.7 Å². The van der Waals surface area contributed by atoms with Crippen LogP contribution in [0.15, 0.2) is 0 Å². The molecule has 0 heterocycles. The van der Waals surface area contributed by atoms with Crippen LogP contribution in [0.4, 0.5) is 0 Å². The molecule has 1 unspecified atom stereocenters. The van der Waals surface area contributed by atoms with Crippen LogP contribution in [0.2, 0.25) is 0 Å². The Labute approximate surface area is 161 Å². The molecule has 0 aliphatic rings. The SMILES string of the molecule is O=C(O)CC(C(=O)O)S(=O)(=O)O.O=C(O)CCC(=O)O.[KH]. The van der Waals surface area contributed by atoms with E-state index in [1.807, 2.05) is 0 Å². The first-order chi connectivity index (χ1) is 8.87. The van der Waals surface area contributed by atoms with Crippen molar-refractivity contribution in [2.75, 3.05) is 0 Å². The van der Waals surface area contributed by atoms with Crippen molar-refractivity contribution >= 4 is 85.4 Å². The van der Waals surface area contributed by atoms with Crippen LogP contribution in [0.5, 0.6) is 0 Å². The minimum absolute atomic E-state index is 0. The van der Waals surface area contributed by atoms with Crippen LogP contribution < -0.4 is 0 Å². The number of rotatable bonds is 7. The van der Waals surface area contributed by atoms with Crippen LogP contribution in [-0.4, -0.2) is 114 Å². The van der Waals surface area contributed by atoms with Gasteiger partial charge in [0.05, 0.1) is 19.3 Å². The molecule has 0 spiro atoms. The molecule has 0 aromatic carbocycles. The summed E-state index contributed by atoms with van der Waals surface area (Å²) < 4.78 is 28.7. The van der Waals surface area contributed by atoms with Gasteiger partial charge in [-0.1, -0.05) is 0 Å². The van der Waals surface area contributed by atoms with Crippen molar-refractivity contribution in [1.82, 2.24) is 0 Å². The maximum absolute atomic E-state index is 10.2. The molecule has 11 nitrogen and oxygen atoms in total. The fraction of sp³-hybridized carbons (Fsp3) is 0.500. The maximum atomic E-state index is 10.2. The van der Waals surface area contributed by atoms with E-state index >= 15 is 0 Å². The summed E-state index contributed by atoms with van der Waals surface area (Å²) in [7, 11) is -4.84. The summed E-state index contributed by atoms with van der Waals surface area (Å²) in [4.78, 5) is 39.3. The third-order valence-corrected chi connectivity index (χ3v) is 2.64. The van der Waals surface area contributed by atoms with Gasteiger partial charge in [-0.2, -0.15) is 8.42 Å². The standard InChI is InChI=1S/C4H6O7S.C4H6O4.K.H/c5-3(6)1-2(4(7)8)12(9,10)11;5-3(6)1-2-4(7)8;;/h2H,1H2,(H,5,6)(H,7,8)(H,9,10,11);1-2H2,(H,5,6)(H,7,8);;. The Balaban J connectivity index is -0.000000317. The number of carboxylic acids is 4. The van der Waals surface area contributed by atoms with E-state index in [0.717, 1.165) is 0 Å². The number of hydrogen-bond acceptors (Lipinski definition) is 6. The van der Waals surface area contributed by atoms with Gasteiger partial charge < -0.3 is 20.4 Å². The first-order valence-corrected chi connectivity index (χ1v) is 6.22. The molecule has 0 bridgehead atoms. The van der Waals surface area contributed by atoms with Crippen LogP contribution in [0.1, 0.15) is 19.3 Å². The topological polar surface area (TPSA) is 204 Å². The summed E-state index contributed by atoms with van der Waals surface area (Å²) in [5, 5.41) is 29.7. The molecule has 0 aliphatic heterocycles. The van der Waals surface area contributed by atoms with Crippen molar-refractivity contribution in [2.45, 2.75) is 24.5 Å². The van der Waals surface area contributed by atoms with Gasteiger partial charge >= 0.3 is 75.3 Å². The Bertz CT molecular complexity index is 468. The van der Waals surface area contributed by atoms with E-state index in [4.69, 9.17) is 25.0 Å². The molecule has 0 fully saturated rings. The first-order valence-electron chi connectivity index (χ1n) is 4.72. The molecule has 0 aliphatic carbocycles. The number of carbonyl (C=O) groups is 4. The molecule has 0 amide bonds. The van der Waals surface area contributed by atoms with Gasteiger partial charge in [0, 0.05) is 0 Å². The second-order valence-corrected chi connectivity index (χ2v) is 4.83. The van der Waals surface area contributed by atoms with Crippen molar-refractivity contribution in [3.05, 3.63) is 0 Å². The van der Waals surface area contributed by atoms with E-state index in [-0.39, 0.29) is 64.2 Å². The van der Waals surface area contributed by atoms with Gasteiger partial charge in [-0.3, -0.25) is 23.7 Å². The van der Waals surface area contributed by atoms with Crippen LogP contribution >= 0.6 is 0 Å². The third-order valence-electron chi connectivity index (χ3n) is 1.55. The van der Waals surface area contributed by atoms with Gasteiger partial charge in [0.1, 0.15) is 0 Å². The second kappa shape index (κ2) is 12.0. The summed E-state index contributed by atoms with van der Waals surface area (Å²) in [5.74, 6) is -5.65. The summed E-state index contributed by atoms with van der Waals surface area (Å²) in [6.45, 7) is 0. The quantitative estimate of drug-likeness (QED) is 0.251. The molecule has 0 aromatic rings. The van der Waals surface area contributed by atoms with E-state index in [0.29, 0.717) is 0 Å². The van der Waals surface area contributed by atoms with Gasteiger partial charge in [-0.05, 0) is 0 Å².